The van der Waals surface area contributed by atoms with Crippen molar-refractivity contribution in [3.63, 3.8) is 0 Å². The van der Waals surface area contributed by atoms with Crippen molar-refractivity contribution >= 4 is 17.4 Å². The van der Waals surface area contributed by atoms with Crippen molar-refractivity contribution in [2.24, 2.45) is 0 Å². The first-order valence-corrected chi connectivity index (χ1v) is 4.86. The van der Waals surface area contributed by atoms with E-state index in [4.69, 9.17) is 5.11 Å². The number of aromatic nitrogens is 1. The Morgan fingerprint density at radius 2 is 2.50 bits per heavy atom. The molecule has 0 amide bonds. The summed E-state index contributed by atoms with van der Waals surface area (Å²) >= 11 is 1.73. The third-order valence-electron chi connectivity index (χ3n) is 1.74. The Labute approximate surface area is 75.2 Å². The number of hydrogen-bond acceptors (Lipinski definition) is 4. The lowest BCUT2D eigenvalue weighted by molar-refractivity contribution is 0.276. The first-order chi connectivity index (χ1) is 5.90. The minimum Gasteiger partial charge on any atom is -0.390 e. The number of fused-ring (bicyclic) bond motifs is 1. The molecular formula is C8H10N2OS. The SMILES string of the molecule is OCc1ccc2c(n1)SCCN2. The van der Waals surface area contributed by atoms with Crippen molar-refractivity contribution in [2.75, 3.05) is 17.6 Å². The first-order valence-electron chi connectivity index (χ1n) is 3.87. The Kier molecular flexibility index (Phi) is 2.19. The van der Waals surface area contributed by atoms with Gasteiger partial charge >= 0.3 is 0 Å². The van der Waals surface area contributed by atoms with Crippen LogP contribution in [0, 0.1) is 0 Å². The second-order valence-electron chi connectivity index (χ2n) is 2.59. The molecule has 12 heavy (non-hydrogen) atoms. The third kappa shape index (κ3) is 1.40. The molecule has 2 rings (SSSR count). The van der Waals surface area contributed by atoms with Crippen LogP contribution in [0.1, 0.15) is 5.69 Å². The fourth-order valence-corrected chi connectivity index (χ4v) is 2.02. The smallest absolute Gasteiger partial charge is 0.120 e. The van der Waals surface area contributed by atoms with Crippen molar-refractivity contribution in [3.05, 3.63) is 17.8 Å². The highest BCUT2D eigenvalue weighted by atomic mass is 32.2. The van der Waals surface area contributed by atoms with Crippen molar-refractivity contribution in [1.82, 2.24) is 4.98 Å². The molecular weight excluding hydrogens is 172 g/mol. The summed E-state index contributed by atoms with van der Waals surface area (Å²) in [6.45, 7) is 1.02. The van der Waals surface area contributed by atoms with Gasteiger partial charge in [0.2, 0.25) is 0 Å². The van der Waals surface area contributed by atoms with Crippen LogP contribution in [-0.2, 0) is 6.61 Å². The molecule has 3 nitrogen and oxygen atoms in total. The van der Waals surface area contributed by atoms with Crippen LogP contribution in [-0.4, -0.2) is 22.4 Å². The molecule has 0 saturated carbocycles. The molecule has 64 valence electrons. The van der Waals surface area contributed by atoms with Gasteiger partial charge in [0.1, 0.15) is 5.03 Å². The molecule has 0 bridgehead atoms. The highest BCUT2D eigenvalue weighted by molar-refractivity contribution is 7.99. The summed E-state index contributed by atoms with van der Waals surface area (Å²) in [5.41, 5.74) is 1.83. The zero-order valence-corrected chi connectivity index (χ0v) is 7.40. The molecule has 1 aromatic heterocycles. The number of hydrogen-bond donors (Lipinski definition) is 2. The lowest BCUT2D eigenvalue weighted by atomic mass is 10.3. The monoisotopic (exact) mass is 182 g/mol. The van der Waals surface area contributed by atoms with Gasteiger partial charge in [0.25, 0.3) is 0 Å². The normalized spacial score (nSPS) is 15.1. The number of anilines is 1. The van der Waals surface area contributed by atoms with E-state index in [1.807, 2.05) is 12.1 Å². The predicted octanol–water partition coefficient (Wildman–Crippen LogP) is 1.09. The van der Waals surface area contributed by atoms with E-state index in [0.717, 1.165) is 28.7 Å². The maximum Gasteiger partial charge on any atom is 0.120 e. The summed E-state index contributed by atoms with van der Waals surface area (Å²) in [6.07, 6.45) is 0. The molecule has 2 N–H and O–H groups in total. The summed E-state index contributed by atoms with van der Waals surface area (Å²) < 4.78 is 0. The van der Waals surface area contributed by atoms with Crippen LogP contribution in [0.3, 0.4) is 0 Å². The van der Waals surface area contributed by atoms with Crippen LogP contribution in [0.2, 0.25) is 0 Å². The Morgan fingerprint density at radius 3 is 3.33 bits per heavy atom. The highest BCUT2D eigenvalue weighted by Crippen LogP contribution is 2.28. The molecule has 0 aliphatic carbocycles. The number of aliphatic hydroxyl groups excluding tert-OH is 1. The van der Waals surface area contributed by atoms with E-state index >= 15 is 0 Å². The van der Waals surface area contributed by atoms with E-state index in [1.54, 1.807) is 11.8 Å². The van der Waals surface area contributed by atoms with E-state index in [1.165, 1.54) is 0 Å². The Bertz CT molecular complexity index is 290. The number of nitrogens with zero attached hydrogens (tertiary/aromatic N) is 1. The molecule has 1 aromatic rings. The minimum atomic E-state index is 0.0217. The van der Waals surface area contributed by atoms with Crippen molar-refractivity contribution < 1.29 is 5.11 Å². The fraction of sp³-hybridized carbons (Fsp3) is 0.375. The third-order valence-corrected chi connectivity index (χ3v) is 2.73. The van der Waals surface area contributed by atoms with Crippen molar-refractivity contribution in [2.45, 2.75) is 11.6 Å². The molecule has 0 aromatic carbocycles. The molecule has 0 radical (unpaired) electrons. The Balaban J connectivity index is 2.36. The molecule has 2 heterocycles. The first kappa shape index (κ1) is 7.89. The average Bonchev–Trinajstić information content (AvgIpc) is 2.17. The summed E-state index contributed by atoms with van der Waals surface area (Å²) in [5, 5.41) is 13.1. The molecule has 0 unspecified atom stereocenters. The van der Waals surface area contributed by atoms with Gasteiger partial charge in [-0.2, -0.15) is 0 Å². The largest absolute Gasteiger partial charge is 0.390 e. The summed E-state index contributed by atoms with van der Waals surface area (Å²) in [6, 6.07) is 3.82. The number of rotatable bonds is 1. The second-order valence-corrected chi connectivity index (χ2v) is 3.67. The van der Waals surface area contributed by atoms with Gasteiger partial charge in [-0.15, -0.1) is 11.8 Å². The van der Waals surface area contributed by atoms with E-state index in [9.17, 15) is 0 Å². The van der Waals surface area contributed by atoms with Gasteiger partial charge < -0.3 is 10.4 Å². The molecule has 1 aliphatic rings. The average molecular weight is 182 g/mol. The summed E-state index contributed by atoms with van der Waals surface area (Å²) in [5.74, 6) is 1.05. The lowest BCUT2D eigenvalue weighted by Gasteiger charge is -2.16. The van der Waals surface area contributed by atoms with Gasteiger partial charge in [-0.3, -0.25) is 0 Å². The lowest BCUT2D eigenvalue weighted by Crippen LogP contribution is -2.11. The molecule has 0 atom stereocenters. The van der Waals surface area contributed by atoms with E-state index in [2.05, 4.69) is 10.3 Å². The van der Waals surface area contributed by atoms with Gasteiger partial charge in [0.15, 0.2) is 0 Å². The van der Waals surface area contributed by atoms with E-state index in [0.29, 0.717) is 0 Å². The van der Waals surface area contributed by atoms with Crippen LogP contribution in [0.4, 0.5) is 5.69 Å². The van der Waals surface area contributed by atoms with Crippen LogP contribution in [0.15, 0.2) is 17.2 Å². The van der Waals surface area contributed by atoms with Crippen molar-refractivity contribution in [1.29, 1.82) is 0 Å². The Morgan fingerprint density at radius 1 is 1.58 bits per heavy atom. The minimum absolute atomic E-state index is 0.0217. The standard InChI is InChI=1S/C8H10N2OS/c11-5-6-1-2-7-8(10-6)12-4-3-9-7/h1-2,9,11H,3-5H2. The molecule has 0 fully saturated rings. The van der Waals surface area contributed by atoms with E-state index < -0.39 is 0 Å². The van der Waals surface area contributed by atoms with Crippen molar-refractivity contribution in [3.8, 4) is 0 Å². The zero-order chi connectivity index (χ0) is 8.39. The Hall–Kier alpha value is -0.740. The maximum atomic E-state index is 8.85. The summed E-state index contributed by atoms with van der Waals surface area (Å²) in [4.78, 5) is 4.28. The van der Waals surface area contributed by atoms with E-state index in [-0.39, 0.29) is 6.61 Å². The van der Waals surface area contributed by atoms with Crippen LogP contribution < -0.4 is 5.32 Å². The van der Waals surface area contributed by atoms with Gasteiger partial charge in [-0.25, -0.2) is 4.98 Å². The summed E-state index contributed by atoms with van der Waals surface area (Å²) in [7, 11) is 0. The molecule has 0 saturated heterocycles. The van der Waals surface area contributed by atoms with Crippen LogP contribution >= 0.6 is 11.8 Å². The van der Waals surface area contributed by atoms with Gasteiger partial charge in [-0.05, 0) is 12.1 Å². The zero-order valence-electron chi connectivity index (χ0n) is 6.58. The molecule has 4 heteroatoms. The quantitative estimate of drug-likeness (QED) is 0.682. The number of nitrogens with one attached hydrogen (secondary N) is 1. The topological polar surface area (TPSA) is 45.2 Å². The van der Waals surface area contributed by atoms with Crippen LogP contribution in [0.5, 0.6) is 0 Å². The molecule has 0 spiro atoms. The molecule has 1 aliphatic heterocycles. The van der Waals surface area contributed by atoms with Gasteiger partial charge in [0.05, 0.1) is 18.0 Å². The number of pyridine rings is 1. The predicted molar refractivity (Wildman–Crippen MR) is 49.4 cm³/mol. The maximum absolute atomic E-state index is 8.85. The van der Waals surface area contributed by atoms with Gasteiger partial charge in [0, 0.05) is 12.3 Å². The number of thioether (sulfide) groups is 1. The van der Waals surface area contributed by atoms with Gasteiger partial charge in [-0.1, -0.05) is 0 Å². The fourth-order valence-electron chi connectivity index (χ4n) is 1.14. The van der Waals surface area contributed by atoms with Crippen LogP contribution in [0.25, 0.3) is 0 Å². The second kappa shape index (κ2) is 3.33. The highest BCUT2D eigenvalue weighted by Gasteiger charge is 2.09. The number of aliphatic hydroxyl groups is 1.